The molecule has 5 heteroatoms. The summed E-state index contributed by atoms with van der Waals surface area (Å²) in [6.45, 7) is 0.540. The largest absolute Gasteiger partial charge is 0.497 e. The van der Waals surface area contributed by atoms with E-state index in [-0.39, 0.29) is 5.91 Å². The fourth-order valence-electron chi connectivity index (χ4n) is 2.22. The van der Waals surface area contributed by atoms with Gasteiger partial charge in [0.15, 0.2) is 0 Å². The third-order valence-electron chi connectivity index (χ3n) is 3.45. The Morgan fingerprint density at radius 2 is 2.00 bits per heavy atom. The number of carbonyl (C=O) groups is 1. The Bertz CT molecular complexity index is 728. The van der Waals surface area contributed by atoms with Gasteiger partial charge in [-0.25, -0.2) is 0 Å². The number of hydrogen-bond acceptors (Lipinski definition) is 3. The molecule has 0 aliphatic heterocycles. The van der Waals surface area contributed by atoms with Crippen LogP contribution in [-0.2, 0) is 11.2 Å². The normalized spacial score (nSPS) is 10.6. The molecular formula is C19H20ClNO3. The van der Waals surface area contributed by atoms with Crippen LogP contribution in [0.25, 0.3) is 6.08 Å². The molecule has 1 N–H and O–H groups in total. The Labute approximate surface area is 147 Å². The van der Waals surface area contributed by atoms with E-state index >= 15 is 0 Å². The molecule has 0 aliphatic carbocycles. The van der Waals surface area contributed by atoms with E-state index in [1.807, 2.05) is 30.3 Å². The van der Waals surface area contributed by atoms with Crippen LogP contribution in [0.5, 0.6) is 11.5 Å². The molecule has 24 heavy (non-hydrogen) atoms. The Kier molecular flexibility index (Phi) is 6.70. The molecule has 0 heterocycles. The molecule has 0 bridgehead atoms. The van der Waals surface area contributed by atoms with Crippen LogP contribution < -0.4 is 14.8 Å². The second kappa shape index (κ2) is 8.99. The standard InChI is InChI=1S/C19H20ClNO3/c1-23-17-7-8-18(24-2)15(13-17)6-9-19(22)21-11-10-14-4-3-5-16(20)12-14/h3-9,12-13H,10-11H2,1-2H3,(H,21,22)/b9-6+. The van der Waals surface area contributed by atoms with Gasteiger partial charge in [-0.15, -0.1) is 0 Å². The van der Waals surface area contributed by atoms with Gasteiger partial charge in [0.25, 0.3) is 0 Å². The average molecular weight is 346 g/mol. The number of halogens is 1. The van der Waals surface area contributed by atoms with Crippen molar-refractivity contribution in [3.05, 3.63) is 64.7 Å². The minimum Gasteiger partial charge on any atom is -0.497 e. The van der Waals surface area contributed by atoms with E-state index in [1.54, 1.807) is 32.4 Å². The SMILES string of the molecule is COc1ccc(OC)c(/C=C/C(=O)NCCc2cccc(Cl)c2)c1. The molecule has 126 valence electrons. The topological polar surface area (TPSA) is 47.6 Å². The monoisotopic (exact) mass is 345 g/mol. The van der Waals surface area contributed by atoms with Crippen molar-refractivity contribution in [3.63, 3.8) is 0 Å². The van der Waals surface area contributed by atoms with Crippen molar-refractivity contribution in [1.29, 1.82) is 0 Å². The summed E-state index contributed by atoms with van der Waals surface area (Å²) < 4.78 is 10.5. The Morgan fingerprint density at radius 3 is 2.71 bits per heavy atom. The molecule has 0 saturated carbocycles. The summed E-state index contributed by atoms with van der Waals surface area (Å²) in [6, 6.07) is 13.0. The fraction of sp³-hybridized carbons (Fsp3) is 0.211. The van der Waals surface area contributed by atoms with Crippen molar-refractivity contribution in [2.75, 3.05) is 20.8 Å². The van der Waals surface area contributed by atoms with Gasteiger partial charge in [-0.05, 0) is 48.4 Å². The summed E-state index contributed by atoms with van der Waals surface area (Å²) >= 11 is 5.94. The van der Waals surface area contributed by atoms with Crippen LogP contribution in [-0.4, -0.2) is 26.7 Å². The van der Waals surface area contributed by atoms with Gasteiger partial charge in [-0.1, -0.05) is 23.7 Å². The summed E-state index contributed by atoms with van der Waals surface area (Å²) in [6.07, 6.45) is 3.91. The number of carbonyl (C=O) groups excluding carboxylic acids is 1. The van der Waals surface area contributed by atoms with Gasteiger partial charge in [0.05, 0.1) is 14.2 Å². The van der Waals surface area contributed by atoms with E-state index in [1.165, 1.54) is 6.08 Å². The van der Waals surface area contributed by atoms with E-state index in [9.17, 15) is 4.79 Å². The molecule has 2 rings (SSSR count). The lowest BCUT2D eigenvalue weighted by Gasteiger charge is -2.07. The first-order valence-electron chi connectivity index (χ1n) is 7.55. The number of rotatable bonds is 7. The molecule has 4 nitrogen and oxygen atoms in total. The molecular weight excluding hydrogens is 326 g/mol. The van der Waals surface area contributed by atoms with Crippen molar-refractivity contribution in [1.82, 2.24) is 5.32 Å². The molecule has 0 fully saturated rings. The molecule has 0 atom stereocenters. The molecule has 2 aromatic carbocycles. The van der Waals surface area contributed by atoms with Crippen LogP contribution >= 0.6 is 11.6 Å². The number of amides is 1. The van der Waals surface area contributed by atoms with Crippen molar-refractivity contribution >= 4 is 23.6 Å². The van der Waals surface area contributed by atoms with Gasteiger partial charge in [0.1, 0.15) is 11.5 Å². The summed E-state index contributed by atoms with van der Waals surface area (Å²) in [5.41, 5.74) is 1.86. The lowest BCUT2D eigenvalue weighted by atomic mass is 10.1. The molecule has 1 amide bonds. The predicted octanol–water partition coefficient (Wildman–Crippen LogP) is 3.73. The van der Waals surface area contributed by atoms with Crippen molar-refractivity contribution in [2.45, 2.75) is 6.42 Å². The molecule has 0 spiro atoms. The third-order valence-corrected chi connectivity index (χ3v) is 3.69. The van der Waals surface area contributed by atoms with Crippen LogP contribution in [0.2, 0.25) is 5.02 Å². The second-order valence-corrected chi connectivity index (χ2v) is 5.55. The smallest absolute Gasteiger partial charge is 0.244 e. The van der Waals surface area contributed by atoms with Gasteiger partial charge < -0.3 is 14.8 Å². The first-order chi connectivity index (χ1) is 11.6. The maximum Gasteiger partial charge on any atom is 0.244 e. The van der Waals surface area contributed by atoms with E-state index in [2.05, 4.69) is 5.32 Å². The van der Waals surface area contributed by atoms with Gasteiger partial charge in [0, 0.05) is 23.2 Å². The molecule has 0 saturated heterocycles. The minimum atomic E-state index is -0.165. The van der Waals surface area contributed by atoms with Crippen LogP contribution in [0.15, 0.2) is 48.5 Å². The molecule has 0 aliphatic rings. The quantitative estimate of drug-likeness (QED) is 0.778. The Balaban J connectivity index is 1.91. The zero-order valence-electron chi connectivity index (χ0n) is 13.7. The maximum atomic E-state index is 11.9. The maximum absolute atomic E-state index is 11.9. The van der Waals surface area contributed by atoms with Gasteiger partial charge in [0.2, 0.25) is 5.91 Å². The molecule has 0 unspecified atom stereocenters. The first-order valence-corrected chi connectivity index (χ1v) is 7.92. The van der Waals surface area contributed by atoms with E-state index in [0.717, 1.165) is 17.5 Å². The second-order valence-electron chi connectivity index (χ2n) is 5.11. The van der Waals surface area contributed by atoms with Crippen molar-refractivity contribution < 1.29 is 14.3 Å². The fourth-order valence-corrected chi connectivity index (χ4v) is 2.43. The Morgan fingerprint density at radius 1 is 1.17 bits per heavy atom. The zero-order valence-corrected chi connectivity index (χ0v) is 14.5. The van der Waals surface area contributed by atoms with Crippen LogP contribution in [0, 0.1) is 0 Å². The van der Waals surface area contributed by atoms with Crippen molar-refractivity contribution in [2.24, 2.45) is 0 Å². The molecule has 2 aromatic rings. The predicted molar refractivity (Wildman–Crippen MR) is 96.7 cm³/mol. The number of hydrogen-bond donors (Lipinski definition) is 1. The van der Waals surface area contributed by atoms with E-state index in [0.29, 0.717) is 23.1 Å². The number of ether oxygens (including phenoxy) is 2. The van der Waals surface area contributed by atoms with E-state index in [4.69, 9.17) is 21.1 Å². The lowest BCUT2D eigenvalue weighted by Crippen LogP contribution is -2.23. The van der Waals surface area contributed by atoms with Gasteiger partial charge >= 0.3 is 0 Å². The number of benzene rings is 2. The van der Waals surface area contributed by atoms with Gasteiger partial charge in [-0.2, -0.15) is 0 Å². The average Bonchev–Trinajstić information content (AvgIpc) is 2.59. The van der Waals surface area contributed by atoms with Crippen LogP contribution in [0.3, 0.4) is 0 Å². The highest BCUT2D eigenvalue weighted by Gasteiger charge is 2.03. The number of methoxy groups -OCH3 is 2. The summed E-state index contributed by atoms with van der Waals surface area (Å²) in [7, 11) is 3.18. The Hall–Kier alpha value is -2.46. The third kappa shape index (κ3) is 5.32. The first kappa shape index (κ1) is 17.9. The van der Waals surface area contributed by atoms with Crippen LogP contribution in [0.4, 0.5) is 0 Å². The highest BCUT2D eigenvalue weighted by atomic mass is 35.5. The highest BCUT2D eigenvalue weighted by Crippen LogP contribution is 2.24. The molecule has 0 aromatic heterocycles. The number of nitrogens with one attached hydrogen (secondary N) is 1. The summed E-state index contributed by atoms with van der Waals surface area (Å²) in [5, 5.41) is 3.54. The minimum absolute atomic E-state index is 0.165. The van der Waals surface area contributed by atoms with Crippen molar-refractivity contribution in [3.8, 4) is 11.5 Å². The van der Waals surface area contributed by atoms with Gasteiger partial charge in [-0.3, -0.25) is 4.79 Å². The molecule has 0 radical (unpaired) electrons. The van der Waals surface area contributed by atoms with Crippen LogP contribution in [0.1, 0.15) is 11.1 Å². The highest BCUT2D eigenvalue weighted by molar-refractivity contribution is 6.30. The lowest BCUT2D eigenvalue weighted by molar-refractivity contribution is -0.116. The zero-order chi connectivity index (χ0) is 17.4. The summed E-state index contributed by atoms with van der Waals surface area (Å²) in [5.74, 6) is 1.22. The summed E-state index contributed by atoms with van der Waals surface area (Å²) in [4.78, 5) is 11.9. The van der Waals surface area contributed by atoms with E-state index < -0.39 is 0 Å².